The van der Waals surface area contributed by atoms with E-state index in [0.717, 1.165) is 5.92 Å². The van der Waals surface area contributed by atoms with Gasteiger partial charge in [0.25, 0.3) is 0 Å². The molecule has 1 saturated carbocycles. The van der Waals surface area contributed by atoms with Crippen molar-refractivity contribution < 1.29 is 0 Å². The van der Waals surface area contributed by atoms with E-state index in [-0.39, 0.29) is 0 Å². The molecule has 0 bridgehead atoms. The van der Waals surface area contributed by atoms with E-state index < -0.39 is 0 Å². The van der Waals surface area contributed by atoms with Crippen molar-refractivity contribution in [1.82, 2.24) is 0 Å². The van der Waals surface area contributed by atoms with Crippen molar-refractivity contribution in [3.63, 3.8) is 0 Å². The smallest absolute Gasteiger partial charge is 0.0377 e. The topological polar surface area (TPSA) is 12.0 Å². The second kappa shape index (κ2) is 3.01. The lowest BCUT2D eigenvalue weighted by Gasteiger charge is -2.37. The lowest BCUT2D eigenvalue weighted by Crippen LogP contribution is -2.40. The number of fused-ring (bicyclic) bond motifs is 1. The Bertz CT molecular complexity index is 392. The molecule has 1 N–H and O–H groups in total. The zero-order valence-corrected chi connectivity index (χ0v) is 9.64. The van der Waals surface area contributed by atoms with Gasteiger partial charge in [-0.25, -0.2) is 0 Å². The fraction of sp³-hybridized carbons (Fsp3) is 0.571. The molecular formula is C14H19N. The van der Waals surface area contributed by atoms with Crippen LogP contribution in [0.5, 0.6) is 0 Å². The summed E-state index contributed by atoms with van der Waals surface area (Å²) < 4.78 is 0. The molecule has 1 unspecified atom stereocenters. The number of hydrogen-bond donors (Lipinski definition) is 1. The minimum absolute atomic E-state index is 0.377. The maximum Gasteiger partial charge on any atom is 0.0377 e. The molecule has 1 heterocycles. The van der Waals surface area contributed by atoms with E-state index in [1.807, 2.05) is 0 Å². The molecular weight excluding hydrogens is 182 g/mol. The summed E-state index contributed by atoms with van der Waals surface area (Å²) in [7, 11) is 0. The first-order valence-electron chi connectivity index (χ1n) is 6.05. The summed E-state index contributed by atoms with van der Waals surface area (Å²) in [4.78, 5) is 0. The van der Waals surface area contributed by atoms with Crippen LogP contribution in [0.2, 0.25) is 0 Å². The van der Waals surface area contributed by atoms with Crippen LogP contribution in [-0.2, 0) is 6.42 Å². The van der Waals surface area contributed by atoms with Crippen LogP contribution < -0.4 is 5.32 Å². The summed E-state index contributed by atoms with van der Waals surface area (Å²) in [6, 6.07) is 6.80. The SMILES string of the molecule is Cc1ccc2c(c1)CCC(C)(C1CC1)N2. The third-order valence-electron chi connectivity index (χ3n) is 4.07. The highest BCUT2D eigenvalue weighted by molar-refractivity contribution is 5.56. The quantitative estimate of drug-likeness (QED) is 0.733. The molecule has 1 atom stereocenters. The third kappa shape index (κ3) is 1.54. The molecule has 80 valence electrons. The molecule has 1 nitrogen and oxygen atoms in total. The Kier molecular flexibility index (Phi) is 1.86. The first-order chi connectivity index (χ1) is 7.17. The molecule has 1 aliphatic heterocycles. The molecule has 0 radical (unpaired) electrons. The number of nitrogens with one attached hydrogen (secondary N) is 1. The zero-order chi connectivity index (χ0) is 10.5. The molecule has 1 aromatic carbocycles. The molecule has 1 fully saturated rings. The number of hydrogen-bond acceptors (Lipinski definition) is 1. The Morgan fingerprint density at radius 2 is 2.13 bits per heavy atom. The van der Waals surface area contributed by atoms with Gasteiger partial charge in [-0.2, -0.15) is 0 Å². The molecule has 1 heteroatoms. The Hall–Kier alpha value is -0.980. The highest BCUT2D eigenvalue weighted by Gasteiger charge is 2.42. The van der Waals surface area contributed by atoms with Crippen molar-refractivity contribution in [2.45, 2.75) is 45.1 Å². The van der Waals surface area contributed by atoms with Gasteiger partial charge in [0.1, 0.15) is 0 Å². The minimum Gasteiger partial charge on any atom is -0.379 e. The lowest BCUT2D eigenvalue weighted by molar-refractivity contribution is 0.404. The summed E-state index contributed by atoms with van der Waals surface area (Å²) in [5.41, 5.74) is 4.64. The van der Waals surface area contributed by atoms with E-state index in [0.29, 0.717) is 5.54 Å². The van der Waals surface area contributed by atoms with Crippen molar-refractivity contribution in [3.05, 3.63) is 29.3 Å². The highest BCUT2D eigenvalue weighted by atomic mass is 15.0. The van der Waals surface area contributed by atoms with E-state index in [4.69, 9.17) is 0 Å². The standard InChI is InChI=1S/C14H19N/c1-10-3-6-13-11(9-10)7-8-14(2,15-13)12-4-5-12/h3,6,9,12,15H,4-5,7-8H2,1-2H3. The Morgan fingerprint density at radius 3 is 2.87 bits per heavy atom. The Morgan fingerprint density at radius 1 is 1.33 bits per heavy atom. The van der Waals surface area contributed by atoms with E-state index in [2.05, 4.69) is 37.4 Å². The van der Waals surface area contributed by atoms with Gasteiger partial charge in [-0.3, -0.25) is 0 Å². The summed E-state index contributed by atoms with van der Waals surface area (Å²) in [6.07, 6.45) is 5.39. The summed E-state index contributed by atoms with van der Waals surface area (Å²) in [6.45, 7) is 4.57. The maximum absolute atomic E-state index is 3.76. The predicted octanol–water partition coefficient (Wildman–Crippen LogP) is 3.52. The van der Waals surface area contributed by atoms with Gasteiger partial charge in [-0.1, -0.05) is 17.7 Å². The molecule has 0 spiro atoms. The van der Waals surface area contributed by atoms with E-state index in [9.17, 15) is 0 Å². The van der Waals surface area contributed by atoms with Crippen LogP contribution in [0.25, 0.3) is 0 Å². The summed E-state index contributed by atoms with van der Waals surface area (Å²) >= 11 is 0. The predicted molar refractivity (Wildman–Crippen MR) is 64.3 cm³/mol. The van der Waals surface area contributed by atoms with Gasteiger partial charge in [-0.05, 0) is 57.1 Å². The average Bonchev–Trinajstić information content (AvgIpc) is 3.02. The normalized spacial score (nSPS) is 29.5. The molecule has 1 aromatic rings. The third-order valence-corrected chi connectivity index (χ3v) is 4.07. The minimum atomic E-state index is 0.377. The van der Waals surface area contributed by atoms with Gasteiger partial charge in [0.2, 0.25) is 0 Å². The molecule has 0 aromatic heterocycles. The molecule has 3 rings (SSSR count). The number of rotatable bonds is 1. The summed E-state index contributed by atoms with van der Waals surface area (Å²) in [5, 5.41) is 3.76. The van der Waals surface area contributed by atoms with Gasteiger partial charge in [-0.15, -0.1) is 0 Å². The van der Waals surface area contributed by atoms with Crippen molar-refractivity contribution in [1.29, 1.82) is 0 Å². The summed E-state index contributed by atoms with van der Waals surface area (Å²) in [5.74, 6) is 0.923. The second-order valence-corrected chi connectivity index (χ2v) is 5.48. The first-order valence-corrected chi connectivity index (χ1v) is 6.05. The lowest BCUT2D eigenvalue weighted by atomic mass is 9.83. The monoisotopic (exact) mass is 201 g/mol. The van der Waals surface area contributed by atoms with Crippen LogP contribution in [0.3, 0.4) is 0 Å². The van der Waals surface area contributed by atoms with E-state index >= 15 is 0 Å². The molecule has 1 aliphatic carbocycles. The maximum atomic E-state index is 3.76. The second-order valence-electron chi connectivity index (χ2n) is 5.48. The van der Waals surface area contributed by atoms with Crippen LogP contribution in [-0.4, -0.2) is 5.54 Å². The van der Waals surface area contributed by atoms with Crippen LogP contribution in [0.4, 0.5) is 5.69 Å². The first kappa shape index (κ1) is 9.26. The van der Waals surface area contributed by atoms with Crippen molar-refractivity contribution in [2.24, 2.45) is 5.92 Å². The van der Waals surface area contributed by atoms with Crippen LogP contribution in [0.15, 0.2) is 18.2 Å². The van der Waals surface area contributed by atoms with Gasteiger partial charge >= 0.3 is 0 Å². The molecule has 0 amide bonds. The zero-order valence-electron chi connectivity index (χ0n) is 9.64. The largest absolute Gasteiger partial charge is 0.379 e. The fourth-order valence-corrected chi connectivity index (χ4v) is 2.84. The Balaban J connectivity index is 1.92. The molecule has 15 heavy (non-hydrogen) atoms. The van der Waals surface area contributed by atoms with Crippen LogP contribution in [0.1, 0.15) is 37.3 Å². The fourth-order valence-electron chi connectivity index (χ4n) is 2.84. The van der Waals surface area contributed by atoms with E-state index in [1.54, 1.807) is 0 Å². The van der Waals surface area contributed by atoms with Gasteiger partial charge in [0.15, 0.2) is 0 Å². The number of anilines is 1. The average molecular weight is 201 g/mol. The van der Waals surface area contributed by atoms with Crippen molar-refractivity contribution in [2.75, 3.05) is 5.32 Å². The Labute approximate surface area is 91.9 Å². The van der Waals surface area contributed by atoms with Crippen LogP contribution in [0, 0.1) is 12.8 Å². The highest BCUT2D eigenvalue weighted by Crippen LogP contribution is 2.46. The molecule has 2 aliphatic rings. The van der Waals surface area contributed by atoms with Gasteiger partial charge in [0.05, 0.1) is 0 Å². The van der Waals surface area contributed by atoms with Gasteiger partial charge in [0, 0.05) is 11.2 Å². The van der Waals surface area contributed by atoms with Crippen molar-refractivity contribution in [3.8, 4) is 0 Å². The van der Waals surface area contributed by atoms with Crippen molar-refractivity contribution >= 4 is 5.69 Å². The van der Waals surface area contributed by atoms with Gasteiger partial charge < -0.3 is 5.32 Å². The number of aryl methyl sites for hydroxylation is 2. The molecule has 0 saturated heterocycles. The number of benzene rings is 1. The van der Waals surface area contributed by atoms with Crippen LogP contribution >= 0.6 is 0 Å². The van der Waals surface area contributed by atoms with E-state index in [1.165, 1.54) is 42.5 Å².